The van der Waals surface area contributed by atoms with Crippen molar-refractivity contribution in [3.63, 3.8) is 0 Å². The molecule has 4 N–H and O–H groups in total. The second-order valence-electron chi connectivity index (χ2n) is 7.75. The molecule has 1 aromatic heterocycles. The van der Waals surface area contributed by atoms with E-state index in [4.69, 9.17) is 27.2 Å². The van der Waals surface area contributed by atoms with Crippen LogP contribution in [-0.4, -0.2) is 30.4 Å². The van der Waals surface area contributed by atoms with E-state index in [9.17, 15) is 13.7 Å². The van der Waals surface area contributed by atoms with Crippen LogP contribution < -0.4 is 20.5 Å². The summed E-state index contributed by atoms with van der Waals surface area (Å²) in [6, 6.07) is 11.6. The molecule has 4 rings (SSSR count). The topological polar surface area (TPSA) is 161 Å². The molecule has 10 nitrogen and oxygen atoms in total. The molecule has 0 fully saturated rings. The molecule has 2 heterocycles. The third kappa shape index (κ3) is 4.54. The number of hydrogen-bond acceptors (Lipinski definition) is 9. The largest absolute Gasteiger partial charge is 0.463 e. The summed E-state index contributed by atoms with van der Waals surface area (Å²) in [6.45, 7) is 3.42. The molecular weight excluding hydrogens is 490 g/mol. The van der Waals surface area contributed by atoms with Gasteiger partial charge < -0.3 is 10.5 Å². The summed E-state index contributed by atoms with van der Waals surface area (Å²) in [6.07, 6.45) is 6.11. The standard InChI is InChI=1S/C23H20ClN7O3S/c1-14-16(12-29-22(26)30-14)21-18(6-4-8-20(21)35(27,32)33)31-13-28-10-9-23(31,2)34-19-7-3-5-17(24)15(19)11-25/h3-10,12-13H,1-2H3,(H2,26,29,30)(H2,27,32,33). The van der Waals surface area contributed by atoms with Crippen LogP contribution in [0.4, 0.5) is 11.6 Å². The maximum atomic E-state index is 12.6. The van der Waals surface area contributed by atoms with Crippen LogP contribution in [0, 0.1) is 18.3 Å². The predicted octanol–water partition coefficient (Wildman–Crippen LogP) is 3.36. The molecule has 0 aliphatic carbocycles. The number of aromatic nitrogens is 2. The number of sulfonamides is 1. The number of nitrogens with two attached hydrogens (primary N) is 2. The van der Waals surface area contributed by atoms with Gasteiger partial charge in [-0.25, -0.2) is 28.5 Å². The molecular formula is C23H20ClN7O3S. The van der Waals surface area contributed by atoms with Gasteiger partial charge in [0.1, 0.15) is 17.4 Å². The van der Waals surface area contributed by atoms with Gasteiger partial charge in [0.15, 0.2) is 0 Å². The van der Waals surface area contributed by atoms with Crippen LogP contribution in [0.15, 0.2) is 64.8 Å². The maximum Gasteiger partial charge on any atom is 0.238 e. The molecule has 0 saturated heterocycles. The number of rotatable bonds is 5. The SMILES string of the molecule is Cc1nc(N)ncc1-c1c(N2C=NC=CC2(C)Oc2cccc(Cl)c2C#N)cccc1S(N)(=O)=O. The van der Waals surface area contributed by atoms with Gasteiger partial charge in [-0.2, -0.15) is 5.26 Å². The van der Waals surface area contributed by atoms with Crippen LogP contribution in [0.2, 0.25) is 5.02 Å². The molecule has 1 aliphatic heterocycles. The Bertz CT molecular complexity index is 1530. The normalized spacial score (nSPS) is 17.3. The molecule has 0 bridgehead atoms. The van der Waals surface area contributed by atoms with Crippen LogP contribution >= 0.6 is 11.6 Å². The summed E-state index contributed by atoms with van der Waals surface area (Å²) in [5.74, 6) is 0.283. The Labute approximate surface area is 207 Å². The van der Waals surface area contributed by atoms with E-state index in [1.807, 2.05) is 6.07 Å². The number of hydrogen-bond donors (Lipinski definition) is 2. The first-order valence-electron chi connectivity index (χ1n) is 10.2. The average Bonchev–Trinajstić information content (AvgIpc) is 2.78. The summed E-state index contributed by atoms with van der Waals surface area (Å²) in [5, 5.41) is 15.4. The van der Waals surface area contributed by atoms with E-state index in [0.29, 0.717) is 16.9 Å². The zero-order valence-corrected chi connectivity index (χ0v) is 20.2. The van der Waals surface area contributed by atoms with Gasteiger partial charge in [0.05, 0.1) is 27.6 Å². The maximum absolute atomic E-state index is 12.6. The van der Waals surface area contributed by atoms with E-state index in [0.717, 1.165) is 0 Å². The van der Waals surface area contributed by atoms with Crippen molar-refractivity contribution in [1.29, 1.82) is 5.26 Å². The lowest BCUT2D eigenvalue weighted by molar-refractivity contribution is 0.150. The molecule has 1 unspecified atom stereocenters. The monoisotopic (exact) mass is 509 g/mol. The van der Waals surface area contributed by atoms with Gasteiger partial charge in [-0.05, 0) is 44.2 Å². The molecule has 1 atom stereocenters. The van der Waals surface area contributed by atoms with Crippen LogP contribution in [0.1, 0.15) is 18.2 Å². The first kappa shape index (κ1) is 24.2. The average molecular weight is 510 g/mol. The molecule has 0 spiro atoms. The van der Waals surface area contributed by atoms with E-state index in [-0.39, 0.29) is 32.7 Å². The van der Waals surface area contributed by atoms with E-state index in [1.165, 1.54) is 24.8 Å². The smallest absolute Gasteiger partial charge is 0.238 e. The highest BCUT2D eigenvalue weighted by Gasteiger charge is 2.36. The second kappa shape index (κ2) is 8.99. The Morgan fingerprint density at radius 1 is 1.23 bits per heavy atom. The Balaban J connectivity index is 1.95. The van der Waals surface area contributed by atoms with Crippen molar-refractivity contribution in [2.75, 3.05) is 10.6 Å². The van der Waals surface area contributed by atoms with Crippen LogP contribution in [-0.2, 0) is 10.0 Å². The number of nitriles is 1. The number of nitrogens with zero attached hydrogens (tertiary/aromatic N) is 5. The summed E-state index contributed by atoms with van der Waals surface area (Å²) >= 11 is 6.19. The van der Waals surface area contributed by atoms with Gasteiger partial charge in [-0.3, -0.25) is 4.90 Å². The van der Waals surface area contributed by atoms with Crippen LogP contribution in [0.5, 0.6) is 5.75 Å². The fourth-order valence-electron chi connectivity index (χ4n) is 3.75. The zero-order chi connectivity index (χ0) is 25.4. The lowest BCUT2D eigenvalue weighted by Gasteiger charge is -2.40. The molecule has 3 aromatic rings. The number of aliphatic imine (C=N–C) groups is 1. The predicted molar refractivity (Wildman–Crippen MR) is 133 cm³/mol. The summed E-state index contributed by atoms with van der Waals surface area (Å²) in [4.78, 5) is 13.9. The highest BCUT2D eigenvalue weighted by molar-refractivity contribution is 7.89. The van der Waals surface area contributed by atoms with E-state index in [1.54, 1.807) is 55.2 Å². The number of primary sulfonamides is 1. The number of ether oxygens (including phenoxy) is 1. The van der Waals surface area contributed by atoms with Crippen molar-refractivity contribution in [1.82, 2.24) is 9.97 Å². The van der Waals surface area contributed by atoms with Crippen molar-refractivity contribution in [3.05, 3.63) is 71.2 Å². The van der Waals surface area contributed by atoms with E-state index >= 15 is 0 Å². The van der Waals surface area contributed by atoms with Crippen LogP contribution in [0.25, 0.3) is 11.1 Å². The zero-order valence-electron chi connectivity index (χ0n) is 18.7. The minimum absolute atomic E-state index is 0.0431. The fourth-order valence-corrected chi connectivity index (χ4v) is 4.72. The number of nitrogen functional groups attached to an aromatic ring is 1. The highest BCUT2D eigenvalue weighted by atomic mass is 35.5. The summed E-state index contributed by atoms with van der Waals surface area (Å²) in [7, 11) is -4.16. The Hall–Kier alpha value is -3.98. The minimum atomic E-state index is -4.16. The molecule has 0 radical (unpaired) electrons. The van der Waals surface area contributed by atoms with Gasteiger partial charge in [0.25, 0.3) is 0 Å². The number of benzene rings is 2. The molecule has 178 valence electrons. The molecule has 2 aromatic carbocycles. The third-order valence-electron chi connectivity index (χ3n) is 5.37. The highest BCUT2D eigenvalue weighted by Crippen LogP contribution is 2.41. The van der Waals surface area contributed by atoms with Crippen molar-refractivity contribution >= 4 is 39.6 Å². The fraction of sp³-hybridized carbons (Fsp3) is 0.130. The molecule has 0 amide bonds. The summed E-state index contributed by atoms with van der Waals surface area (Å²) in [5.41, 5.74) is 6.13. The van der Waals surface area contributed by atoms with E-state index < -0.39 is 15.7 Å². The van der Waals surface area contributed by atoms with Gasteiger partial charge in [-0.15, -0.1) is 0 Å². The van der Waals surface area contributed by atoms with Crippen molar-refractivity contribution < 1.29 is 13.2 Å². The Morgan fingerprint density at radius 2 is 1.97 bits per heavy atom. The molecule has 0 saturated carbocycles. The first-order chi connectivity index (χ1) is 16.5. The lowest BCUT2D eigenvalue weighted by Crippen LogP contribution is -2.50. The van der Waals surface area contributed by atoms with Gasteiger partial charge in [0, 0.05) is 23.5 Å². The number of aryl methyl sites for hydroxylation is 1. The quantitative estimate of drug-likeness (QED) is 0.529. The second-order valence-corrected chi connectivity index (χ2v) is 9.69. The van der Waals surface area contributed by atoms with Gasteiger partial charge in [0.2, 0.25) is 21.7 Å². The van der Waals surface area contributed by atoms with Gasteiger partial charge in [-0.1, -0.05) is 23.7 Å². The number of anilines is 2. The molecule has 1 aliphatic rings. The lowest BCUT2D eigenvalue weighted by atomic mass is 10.0. The number of halogens is 1. The molecule has 35 heavy (non-hydrogen) atoms. The Kier molecular flexibility index (Phi) is 6.21. The van der Waals surface area contributed by atoms with E-state index in [2.05, 4.69) is 15.0 Å². The van der Waals surface area contributed by atoms with Crippen molar-refractivity contribution in [2.45, 2.75) is 24.5 Å². The Morgan fingerprint density at radius 3 is 2.66 bits per heavy atom. The van der Waals surface area contributed by atoms with Crippen molar-refractivity contribution in [2.24, 2.45) is 10.1 Å². The molecule has 12 heteroatoms. The minimum Gasteiger partial charge on any atom is -0.463 e. The first-order valence-corrected chi connectivity index (χ1v) is 12.1. The third-order valence-corrected chi connectivity index (χ3v) is 6.64. The summed E-state index contributed by atoms with van der Waals surface area (Å²) < 4.78 is 31.4. The van der Waals surface area contributed by atoms with Crippen molar-refractivity contribution in [3.8, 4) is 22.9 Å². The van der Waals surface area contributed by atoms with Crippen LogP contribution in [0.3, 0.4) is 0 Å². The van der Waals surface area contributed by atoms with Gasteiger partial charge >= 0.3 is 0 Å².